The molecule has 5 heteroatoms. The number of rotatable bonds is 7. The molecule has 0 fully saturated rings. The highest BCUT2D eigenvalue weighted by Gasteiger charge is 2.16. The van der Waals surface area contributed by atoms with Gasteiger partial charge in [-0.3, -0.25) is 0 Å². The van der Waals surface area contributed by atoms with Gasteiger partial charge in [0.1, 0.15) is 5.82 Å². The van der Waals surface area contributed by atoms with Gasteiger partial charge in [0.2, 0.25) is 0 Å². The van der Waals surface area contributed by atoms with Crippen molar-refractivity contribution in [2.45, 2.75) is 13.0 Å². The Labute approximate surface area is 202 Å². The minimum atomic E-state index is -0.465. The summed E-state index contributed by atoms with van der Waals surface area (Å²) in [6, 6.07) is 25.2. The van der Waals surface area contributed by atoms with Gasteiger partial charge >= 0.3 is 0 Å². The summed E-state index contributed by atoms with van der Waals surface area (Å²) < 4.78 is 0. The Morgan fingerprint density at radius 1 is 0.735 bits per heavy atom. The van der Waals surface area contributed by atoms with Crippen LogP contribution in [0.15, 0.2) is 78.9 Å². The van der Waals surface area contributed by atoms with E-state index in [1.165, 1.54) is 0 Å². The fourth-order valence-corrected chi connectivity index (χ4v) is 3.77. The number of nitrogens with one attached hydrogen (secondary N) is 1. The van der Waals surface area contributed by atoms with Gasteiger partial charge in [0.05, 0.1) is 17.5 Å². The van der Waals surface area contributed by atoms with Crippen LogP contribution in [0.4, 0.5) is 11.4 Å². The molecule has 1 heterocycles. The second kappa shape index (κ2) is 9.98. The highest BCUT2D eigenvalue weighted by atomic mass is 16.3. The van der Waals surface area contributed by atoms with Gasteiger partial charge in [-0.1, -0.05) is 60.7 Å². The molecule has 3 aromatic carbocycles. The molecule has 2 N–H and O–H groups in total. The van der Waals surface area contributed by atoms with Crippen molar-refractivity contribution in [1.29, 1.82) is 0 Å². The smallest absolute Gasteiger partial charge is 0.138 e. The summed E-state index contributed by atoms with van der Waals surface area (Å²) >= 11 is 0. The number of aliphatic hydroxyl groups excluding tert-OH is 1. The van der Waals surface area contributed by atoms with E-state index in [2.05, 4.69) is 75.4 Å². The Hall–Kier alpha value is -3.83. The second-order valence-corrected chi connectivity index (χ2v) is 8.91. The summed E-state index contributed by atoms with van der Waals surface area (Å²) in [6.45, 7) is 1.74. The van der Waals surface area contributed by atoms with Crippen LogP contribution in [0, 0.1) is 0 Å². The molecule has 34 heavy (non-hydrogen) atoms. The van der Waals surface area contributed by atoms with Crippen LogP contribution in [0.3, 0.4) is 0 Å². The Balaban J connectivity index is 1.76. The topological polar surface area (TPSA) is 55.4 Å². The fraction of sp³-hybridized carbons (Fsp3) is 0.207. The Bertz CT molecular complexity index is 1180. The summed E-state index contributed by atoms with van der Waals surface area (Å²) in [5.41, 5.74) is 8.43. The third-order valence-corrected chi connectivity index (χ3v) is 5.78. The van der Waals surface area contributed by atoms with E-state index in [1.54, 1.807) is 13.0 Å². The molecule has 0 aliphatic rings. The summed E-state index contributed by atoms with van der Waals surface area (Å²) in [5.74, 6) is 0.824. The number of hydrogen-bond acceptors (Lipinski definition) is 4. The highest BCUT2D eigenvalue weighted by molar-refractivity contribution is 5.82. The molecular formula is C29H32N4O. The van der Waals surface area contributed by atoms with Gasteiger partial charge < -0.3 is 19.9 Å². The van der Waals surface area contributed by atoms with Crippen LogP contribution in [-0.2, 0) is 0 Å². The van der Waals surface area contributed by atoms with Gasteiger partial charge in [-0.25, -0.2) is 4.98 Å². The molecule has 1 atom stereocenters. The van der Waals surface area contributed by atoms with Gasteiger partial charge in [-0.2, -0.15) is 0 Å². The number of H-pyrrole nitrogens is 1. The minimum absolute atomic E-state index is 0.465. The number of aromatic nitrogens is 2. The van der Waals surface area contributed by atoms with Crippen molar-refractivity contribution in [1.82, 2.24) is 9.97 Å². The van der Waals surface area contributed by atoms with Gasteiger partial charge in [-0.15, -0.1) is 0 Å². The quantitative estimate of drug-likeness (QED) is 0.365. The molecule has 0 saturated heterocycles. The zero-order valence-electron chi connectivity index (χ0n) is 20.4. The molecule has 4 aromatic rings. The Kier molecular flexibility index (Phi) is 6.85. The summed E-state index contributed by atoms with van der Waals surface area (Å²) in [4.78, 5) is 12.8. The van der Waals surface area contributed by atoms with E-state index in [-0.39, 0.29) is 0 Å². The second-order valence-electron chi connectivity index (χ2n) is 8.91. The number of anilines is 2. The molecule has 1 aromatic heterocycles. The van der Waals surface area contributed by atoms with Crippen molar-refractivity contribution in [3.8, 4) is 33.9 Å². The van der Waals surface area contributed by atoms with Crippen molar-refractivity contribution in [3.63, 3.8) is 0 Å². The van der Waals surface area contributed by atoms with E-state index < -0.39 is 6.10 Å². The maximum atomic E-state index is 9.48. The van der Waals surface area contributed by atoms with Gasteiger partial charge in [0.25, 0.3) is 0 Å². The predicted molar refractivity (Wildman–Crippen MR) is 144 cm³/mol. The minimum Gasteiger partial charge on any atom is -0.389 e. The van der Waals surface area contributed by atoms with Gasteiger partial charge in [0, 0.05) is 56.3 Å². The van der Waals surface area contributed by atoms with E-state index in [1.807, 2.05) is 46.4 Å². The molecule has 0 saturated carbocycles. The van der Waals surface area contributed by atoms with Crippen LogP contribution in [0.5, 0.6) is 0 Å². The first-order chi connectivity index (χ1) is 16.3. The highest BCUT2D eigenvalue weighted by Crippen LogP contribution is 2.34. The lowest BCUT2D eigenvalue weighted by atomic mass is 10.0. The van der Waals surface area contributed by atoms with E-state index in [9.17, 15) is 5.11 Å². The first-order valence-electron chi connectivity index (χ1n) is 11.4. The van der Waals surface area contributed by atoms with Crippen LogP contribution in [0.25, 0.3) is 40.0 Å². The summed E-state index contributed by atoms with van der Waals surface area (Å²) in [5, 5.41) is 9.48. The van der Waals surface area contributed by atoms with Gasteiger partial charge in [0.15, 0.2) is 0 Å². The lowest BCUT2D eigenvalue weighted by molar-refractivity contribution is 0.245. The maximum absolute atomic E-state index is 9.48. The Morgan fingerprint density at radius 3 is 1.74 bits per heavy atom. The van der Waals surface area contributed by atoms with Crippen molar-refractivity contribution in [2.75, 3.05) is 38.0 Å². The maximum Gasteiger partial charge on any atom is 0.138 e. The number of nitrogens with zero attached hydrogens (tertiary/aromatic N) is 3. The average molecular weight is 453 g/mol. The standard InChI is InChI=1S/C29H32N4O/c1-20(34)6-7-21-8-10-24(11-9-21)29-30-27(22-12-16-25(17-13-22)32(2)3)28(31-29)23-14-18-26(19-15-23)33(4)5/h6-20,34H,1-5H3,(H,30,31)/b7-6+. The monoisotopic (exact) mass is 452 g/mol. The average Bonchev–Trinajstić information content (AvgIpc) is 3.28. The van der Waals surface area contributed by atoms with Crippen molar-refractivity contribution >= 4 is 17.5 Å². The Morgan fingerprint density at radius 2 is 1.24 bits per heavy atom. The van der Waals surface area contributed by atoms with Crippen LogP contribution in [0.2, 0.25) is 0 Å². The normalized spacial score (nSPS) is 12.2. The molecule has 0 bridgehead atoms. The third-order valence-electron chi connectivity index (χ3n) is 5.78. The molecule has 0 radical (unpaired) electrons. The van der Waals surface area contributed by atoms with Crippen LogP contribution >= 0.6 is 0 Å². The van der Waals surface area contributed by atoms with Crippen molar-refractivity contribution in [2.24, 2.45) is 0 Å². The molecule has 174 valence electrons. The lowest BCUT2D eigenvalue weighted by Crippen LogP contribution is -2.08. The van der Waals surface area contributed by atoms with Crippen LogP contribution in [0.1, 0.15) is 12.5 Å². The first-order valence-corrected chi connectivity index (χ1v) is 11.4. The molecule has 1 unspecified atom stereocenters. The van der Waals surface area contributed by atoms with Crippen LogP contribution in [-0.4, -0.2) is 49.4 Å². The molecular weight excluding hydrogens is 420 g/mol. The predicted octanol–water partition coefficient (Wildman–Crippen LogP) is 5.94. The molecule has 0 spiro atoms. The zero-order chi connectivity index (χ0) is 24.2. The first kappa shape index (κ1) is 23.3. The molecule has 5 nitrogen and oxygen atoms in total. The number of imidazole rings is 1. The molecule has 0 amide bonds. The van der Waals surface area contributed by atoms with Crippen LogP contribution < -0.4 is 9.80 Å². The van der Waals surface area contributed by atoms with E-state index >= 15 is 0 Å². The van der Waals surface area contributed by atoms with E-state index in [0.717, 1.165) is 50.8 Å². The number of hydrogen-bond donors (Lipinski definition) is 2. The van der Waals surface area contributed by atoms with Gasteiger partial charge in [-0.05, 0) is 36.8 Å². The van der Waals surface area contributed by atoms with E-state index in [4.69, 9.17) is 4.98 Å². The lowest BCUT2D eigenvalue weighted by Gasteiger charge is -2.13. The number of benzene rings is 3. The van der Waals surface area contributed by atoms with Crippen molar-refractivity contribution in [3.05, 3.63) is 84.4 Å². The number of aromatic amines is 1. The zero-order valence-corrected chi connectivity index (χ0v) is 20.4. The summed E-state index contributed by atoms with van der Waals surface area (Å²) in [6.07, 6.45) is 3.23. The SMILES string of the molecule is CC(O)/C=C/c1ccc(-c2nc(-c3ccc(N(C)C)cc3)c(-c3ccc(N(C)C)cc3)[nH]2)cc1. The van der Waals surface area contributed by atoms with E-state index in [0.29, 0.717) is 0 Å². The largest absolute Gasteiger partial charge is 0.389 e. The fourth-order valence-electron chi connectivity index (χ4n) is 3.77. The molecule has 0 aliphatic carbocycles. The molecule has 0 aliphatic heterocycles. The summed E-state index contributed by atoms with van der Waals surface area (Å²) in [7, 11) is 8.17. The molecule has 4 rings (SSSR count). The number of aliphatic hydroxyl groups is 1. The third kappa shape index (κ3) is 5.21. The van der Waals surface area contributed by atoms with Crippen molar-refractivity contribution < 1.29 is 5.11 Å².